The van der Waals surface area contributed by atoms with Crippen molar-refractivity contribution in [2.75, 3.05) is 32.8 Å². The quantitative estimate of drug-likeness (QED) is 0.429. The van der Waals surface area contributed by atoms with Crippen LogP contribution < -0.4 is 5.32 Å². The van der Waals surface area contributed by atoms with Gasteiger partial charge in [0.05, 0.1) is 30.4 Å². The zero-order chi connectivity index (χ0) is 25.1. The number of carbonyl (C=O) groups is 1. The second-order valence-electron chi connectivity index (χ2n) is 8.65. The molecule has 0 bridgehead atoms. The van der Waals surface area contributed by atoms with Crippen molar-refractivity contribution in [1.82, 2.24) is 24.8 Å². The Labute approximate surface area is 214 Å². The van der Waals surface area contributed by atoms with E-state index in [0.717, 1.165) is 29.6 Å². The van der Waals surface area contributed by atoms with Crippen LogP contribution in [0, 0.1) is 18.3 Å². The van der Waals surface area contributed by atoms with Gasteiger partial charge in [-0.15, -0.1) is 0 Å². The van der Waals surface area contributed by atoms with E-state index in [1.165, 1.54) is 0 Å². The first-order valence-electron chi connectivity index (χ1n) is 11.7. The molecule has 1 amide bonds. The van der Waals surface area contributed by atoms with Crippen LogP contribution in [0.3, 0.4) is 0 Å². The summed E-state index contributed by atoms with van der Waals surface area (Å²) in [6, 6.07) is 15.2. The Morgan fingerprint density at radius 3 is 2.69 bits per heavy atom. The molecule has 0 saturated carbocycles. The summed E-state index contributed by atoms with van der Waals surface area (Å²) in [5.41, 5.74) is 3.47. The minimum Gasteiger partial charge on any atom is -0.379 e. The number of rotatable bonds is 6. The number of nitriles is 1. The highest BCUT2D eigenvalue weighted by Crippen LogP contribution is 2.28. The number of benzene rings is 1. The molecule has 1 aromatic carbocycles. The molecule has 1 aliphatic heterocycles. The maximum absolute atomic E-state index is 13.6. The van der Waals surface area contributed by atoms with Gasteiger partial charge < -0.3 is 10.1 Å². The summed E-state index contributed by atoms with van der Waals surface area (Å²) >= 11 is 6.12. The Morgan fingerprint density at radius 1 is 1.17 bits per heavy atom. The summed E-state index contributed by atoms with van der Waals surface area (Å²) in [5.74, 6) is 0.228. The molecular formula is C27H25ClN6O2. The molecule has 1 N–H and O–H groups in total. The molecule has 9 heteroatoms. The van der Waals surface area contributed by atoms with Crippen LogP contribution in [0.5, 0.6) is 0 Å². The number of hydrogen-bond acceptors (Lipinski definition) is 6. The number of carbonyl (C=O) groups excluding carboxylic acids is 1. The van der Waals surface area contributed by atoms with Gasteiger partial charge >= 0.3 is 0 Å². The predicted octanol–water partition coefficient (Wildman–Crippen LogP) is 4.06. The molecule has 1 atom stereocenters. The fourth-order valence-corrected chi connectivity index (χ4v) is 4.77. The zero-order valence-corrected chi connectivity index (χ0v) is 20.6. The van der Waals surface area contributed by atoms with Gasteiger partial charge in [0.25, 0.3) is 5.91 Å². The summed E-state index contributed by atoms with van der Waals surface area (Å²) in [7, 11) is 0. The highest BCUT2D eigenvalue weighted by molar-refractivity contribution is 6.30. The van der Waals surface area contributed by atoms with E-state index in [1.807, 2.05) is 37.3 Å². The van der Waals surface area contributed by atoms with Crippen LogP contribution in [-0.4, -0.2) is 58.2 Å². The van der Waals surface area contributed by atoms with Gasteiger partial charge in [-0.1, -0.05) is 23.7 Å². The van der Waals surface area contributed by atoms with Crippen molar-refractivity contribution in [3.8, 4) is 11.9 Å². The molecule has 3 aromatic heterocycles. The van der Waals surface area contributed by atoms with E-state index in [0.29, 0.717) is 47.4 Å². The smallest absolute Gasteiger partial charge is 0.253 e. The summed E-state index contributed by atoms with van der Waals surface area (Å²) in [4.78, 5) is 24.8. The second-order valence-corrected chi connectivity index (χ2v) is 9.09. The monoisotopic (exact) mass is 500 g/mol. The molecule has 1 aliphatic rings. The summed E-state index contributed by atoms with van der Waals surface area (Å²) in [6.07, 6.45) is 5.03. The maximum atomic E-state index is 13.6. The number of morpholine rings is 1. The number of hydrogen-bond donors (Lipinski definition) is 1. The van der Waals surface area contributed by atoms with Gasteiger partial charge in [0.1, 0.15) is 11.7 Å². The fourth-order valence-electron chi connectivity index (χ4n) is 4.64. The van der Waals surface area contributed by atoms with Crippen molar-refractivity contribution in [2.45, 2.75) is 13.0 Å². The Balaban J connectivity index is 1.48. The number of nitrogens with zero attached hydrogens (tertiary/aromatic N) is 5. The van der Waals surface area contributed by atoms with Gasteiger partial charge in [-0.05, 0) is 48.4 Å². The van der Waals surface area contributed by atoms with E-state index < -0.39 is 0 Å². The molecule has 36 heavy (non-hydrogen) atoms. The van der Waals surface area contributed by atoms with E-state index in [2.05, 4.69) is 26.3 Å². The van der Waals surface area contributed by atoms with E-state index in [-0.39, 0.29) is 11.9 Å². The molecule has 8 nitrogen and oxygen atoms in total. The molecule has 4 aromatic rings. The highest BCUT2D eigenvalue weighted by atomic mass is 35.5. The number of aryl methyl sites for hydroxylation is 1. The molecular weight excluding hydrogens is 476 g/mol. The zero-order valence-electron chi connectivity index (χ0n) is 19.8. The number of nitrogens with one attached hydrogen (secondary N) is 1. The van der Waals surface area contributed by atoms with Gasteiger partial charge in [-0.3, -0.25) is 14.3 Å². The molecule has 5 rings (SSSR count). The molecule has 0 spiro atoms. The van der Waals surface area contributed by atoms with Crippen molar-refractivity contribution in [1.29, 1.82) is 5.26 Å². The van der Waals surface area contributed by atoms with Gasteiger partial charge in [0, 0.05) is 48.6 Å². The van der Waals surface area contributed by atoms with Crippen LogP contribution in [0.4, 0.5) is 0 Å². The second kappa shape index (κ2) is 10.5. The lowest BCUT2D eigenvalue weighted by molar-refractivity contribution is 0.0162. The lowest BCUT2D eigenvalue weighted by atomic mass is 10.0. The van der Waals surface area contributed by atoms with Gasteiger partial charge in [0.15, 0.2) is 5.82 Å². The molecule has 1 saturated heterocycles. The first-order valence-corrected chi connectivity index (χ1v) is 12.1. The number of halogens is 1. The van der Waals surface area contributed by atoms with Crippen LogP contribution in [0.15, 0.2) is 61.1 Å². The topological polar surface area (TPSA) is 96.1 Å². The first kappa shape index (κ1) is 23.9. The predicted molar refractivity (Wildman–Crippen MR) is 137 cm³/mol. The maximum Gasteiger partial charge on any atom is 0.253 e. The summed E-state index contributed by atoms with van der Waals surface area (Å²) < 4.78 is 7.25. The third-order valence-electron chi connectivity index (χ3n) is 6.47. The van der Waals surface area contributed by atoms with Gasteiger partial charge in [-0.25, -0.2) is 9.97 Å². The minimum absolute atomic E-state index is 0.0244. The lowest BCUT2D eigenvalue weighted by Gasteiger charge is -2.35. The van der Waals surface area contributed by atoms with Crippen molar-refractivity contribution >= 4 is 28.5 Å². The molecule has 0 radical (unpaired) electrons. The van der Waals surface area contributed by atoms with Crippen LogP contribution in [0.1, 0.15) is 33.1 Å². The molecule has 1 fully saturated rings. The molecule has 4 heterocycles. The lowest BCUT2D eigenvalue weighted by Crippen LogP contribution is -2.43. The van der Waals surface area contributed by atoms with E-state index in [9.17, 15) is 10.1 Å². The molecule has 182 valence electrons. The third kappa shape index (κ3) is 4.69. The fraction of sp³-hybridized carbons (Fsp3) is 0.259. The third-order valence-corrected chi connectivity index (χ3v) is 6.72. The Morgan fingerprint density at radius 2 is 1.94 bits per heavy atom. The van der Waals surface area contributed by atoms with Gasteiger partial charge in [-0.2, -0.15) is 5.26 Å². The van der Waals surface area contributed by atoms with E-state index in [1.54, 1.807) is 35.3 Å². The van der Waals surface area contributed by atoms with Crippen LogP contribution in [0.25, 0.3) is 16.9 Å². The van der Waals surface area contributed by atoms with E-state index >= 15 is 0 Å². The van der Waals surface area contributed by atoms with Crippen LogP contribution in [-0.2, 0) is 4.74 Å². The first-order chi connectivity index (χ1) is 17.6. The summed E-state index contributed by atoms with van der Waals surface area (Å²) in [5, 5.41) is 14.1. The van der Waals surface area contributed by atoms with Crippen molar-refractivity contribution in [2.24, 2.45) is 0 Å². The van der Waals surface area contributed by atoms with E-state index in [4.69, 9.17) is 16.3 Å². The normalized spacial score (nSPS) is 14.9. The number of fused-ring (bicyclic) bond motifs is 1. The van der Waals surface area contributed by atoms with Crippen molar-refractivity contribution < 1.29 is 9.53 Å². The Bertz CT molecular complexity index is 1440. The number of amides is 1. The average Bonchev–Trinajstić information content (AvgIpc) is 3.31. The SMILES string of the molecule is Cc1ccnc2c1c(C(=O)NCC(c1ccc(Cl)cc1)N1CCOCC1)cn2-c1ncccc1C#N. The highest BCUT2D eigenvalue weighted by Gasteiger charge is 2.25. The van der Waals surface area contributed by atoms with Gasteiger partial charge in [0.2, 0.25) is 0 Å². The number of aromatic nitrogens is 3. The van der Waals surface area contributed by atoms with Crippen molar-refractivity contribution in [3.05, 3.63) is 88.3 Å². The summed E-state index contributed by atoms with van der Waals surface area (Å²) in [6.45, 7) is 5.23. The van der Waals surface area contributed by atoms with Crippen LogP contribution in [0.2, 0.25) is 5.02 Å². The Kier molecular flexibility index (Phi) is 6.96. The molecule has 0 aliphatic carbocycles. The minimum atomic E-state index is -0.212. The number of ether oxygens (including phenoxy) is 1. The Hall–Kier alpha value is -3.77. The number of pyridine rings is 2. The van der Waals surface area contributed by atoms with Crippen molar-refractivity contribution in [3.63, 3.8) is 0 Å². The average molecular weight is 501 g/mol. The molecule has 1 unspecified atom stereocenters. The standard InChI is InChI=1S/C27H25ClN6O2/c1-18-8-10-31-26-24(18)22(17-34(26)25-20(15-29)3-2-9-30-25)27(35)32-16-23(33-11-13-36-14-12-33)19-4-6-21(28)7-5-19/h2-10,17,23H,11-14,16H2,1H3,(H,32,35). The van der Waals surface area contributed by atoms with Crippen LogP contribution >= 0.6 is 11.6 Å². The largest absolute Gasteiger partial charge is 0.379 e.